The summed E-state index contributed by atoms with van der Waals surface area (Å²) in [5.74, 6) is 0. The summed E-state index contributed by atoms with van der Waals surface area (Å²) >= 11 is 0. The Balaban J connectivity index is 0.000000218. The Morgan fingerprint density at radius 1 is 0.733 bits per heavy atom. The SMILES string of the molecule is Cc1cc(-c2[c-]cccc2)ncc1[Si](C)(C)C.[Ir].[c-]1ccccc1-c1ccccn1. The minimum Gasteiger partial charge on any atom is -0.305 e. The van der Waals surface area contributed by atoms with Crippen molar-refractivity contribution >= 4 is 13.3 Å². The third-order valence-corrected chi connectivity index (χ3v) is 6.69. The first-order valence-corrected chi connectivity index (χ1v) is 13.3. The number of hydrogen-bond acceptors (Lipinski definition) is 2. The standard InChI is InChI=1S/C15H18NSi.C11H8N.Ir/c1-12-10-14(13-8-6-5-7-9-13)16-11-15(12)17(2,3)4;1-2-6-10(7-3-1)11-8-4-5-9-12-11;/h5-8,10-11H,1-4H3;1-6,8-9H;/q2*-1;. The Morgan fingerprint density at radius 3 is 1.80 bits per heavy atom. The molecule has 4 rings (SSSR count). The van der Waals surface area contributed by atoms with E-state index in [1.54, 1.807) is 6.20 Å². The van der Waals surface area contributed by atoms with Gasteiger partial charge in [0, 0.05) is 32.5 Å². The van der Waals surface area contributed by atoms with Crippen LogP contribution in [-0.4, -0.2) is 18.0 Å². The van der Waals surface area contributed by atoms with Gasteiger partial charge in [-0.15, -0.1) is 71.8 Å². The van der Waals surface area contributed by atoms with Gasteiger partial charge in [-0.3, -0.25) is 0 Å². The molecule has 4 heteroatoms. The van der Waals surface area contributed by atoms with E-state index in [-0.39, 0.29) is 20.1 Å². The van der Waals surface area contributed by atoms with Crippen molar-refractivity contribution in [1.82, 2.24) is 9.97 Å². The van der Waals surface area contributed by atoms with Gasteiger partial charge < -0.3 is 9.97 Å². The zero-order valence-electron chi connectivity index (χ0n) is 17.8. The summed E-state index contributed by atoms with van der Waals surface area (Å²) < 4.78 is 0. The van der Waals surface area contributed by atoms with Crippen molar-refractivity contribution in [3.05, 3.63) is 103 Å². The number of rotatable bonds is 3. The average molecular weight is 587 g/mol. The topological polar surface area (TPSA) is 25.8 Å². The van der Waals surface area contributed by atoms with Gasteiger partial charge in [0.15, 0.2) is 0 Å². The monoisotopic (exact) mass is 587 g/mol. The van der Waals surface area contributed by atoms with Crippen molar-refractivity contribution < 1.29 is 20.1 Å². The molecule has 155 valence electrons. The summed E-state index contributed by atoms with van der Waals surface area (Å²) in [6.07, 6.45) is 3.84. The van der Waals surface area contributed by atoms with Crippen LogP contribution in [-0.2, 0) is 20.1 Å². The van der Waals surface area contributed by atoms with E-state index in [1.807, 2.05) is 60.7 Å². The molecule has 0 N–H and O–H groups in total. The maximum Gasteiger partial charge on any atom is 0.0798 e. The van der Waals surface area contributed by atoms with E-state index in [4.69, 9.17) is 0 Å². The summed E-state index contributed by atoms with van der Waals surface area (Å²) in [7, 11) is -1.27. The van der Waals surface area contributed by atoms with Crippen molar-refractivity contribution in [3.63, 3.8) is 0 Å². The van der Waals surface area contributed by atoms with Gasteiger partial charge in [0.2, 0.25) is 0 Å². The molecule has 0 spiro atoms. The first-order chi connectivity index (χ1) is 13.9. The number of pyridine rings is 2. The second kappa shape index (κ2) is 11.1. The molecule has 1 radical (unpaired) electrons. The van der Waals surface area contributed by atoms with Crippen molar-refractivity contribution in [2.75, 3.05) is 0 Å². The van der Waals surface area contributed by atoms with Crippen LogP contribution < -0.4 is 5.19 Å². The molecule has 0 aliphatic rings. The van der Waals surface area contributed by atoms with Crippen molar-refractivity contribution in [2.45, 2.75) is 26.6 Å². The van der Waals surface area contributed by atoms with E-state index in [1.165, 1.54) is 10.8 Å². The third kappa shape index (κ3) is 6.56. The van der Waals surface area contributed by atoms with E-state index < -0.39 is 8.07 Å². The van der Waals surface area contributed by atoms with Gasteiger partial charge >= 0.3 is 0 Å². The fourth-order valence-corrected chi connectivity index (χ4v) is 4.82. The van der Waals surface area contributed by atoms with Crippen LogP contribution in [0.3, 0.4) is 0 Å². The molecule has 2 aromatic carbocycles. The smallest absolute Gasteiger partial charge is 0.0798 e. The largest absolute Gasteiger partial charge is 0.305 e. The molecule has 0 bridgehead atoms. The van der Waals surface area contributed by atoms with Crippen molar-refractivity contribution in [1.29, 1.82) is 0 Å². The molecule has 0 saturated carbocycles. The molecule has 0 aliphatic carbocycles. The molecule has 4 aromatic rings. The van der Waals surface area contributed by atoms with Crippen LogP contribution in [0.2, 0.25) is 19.6 Å². The van der Waals surface area contributed by atoms with Crippen LogP contribution >= 0.6 is 0 Å². The first kappa shape index (κ1) is 23.9. The zero-order valence-corrected chi connectivity index (χ0v) is 21.2. The quantitative estimate of drug-likeness (QED) is 0.219. The molecule has 0 amide bonds. The maximum atomic E-state index is 4.58. The fourth-order valence-electron chi connectivity index (χ4n) is 3.12. The number of hydrogen-bond donors (Lipinski definition) is 0. The zero-order chi connectivity index (χ0) is 20.7. The minimum absolute atomic E-state index is 0. The van der Waals surface area contributed by atoms with Crippen LogP contribution in [0.1, 0.15) is 5.56 Å². The van der Waals surface area contributed by atoms with Gasteiger partial charge in [0.1, 0.15) is 0 Å². The average Bonchev–Trinajstić information content (AvgIpc) is 2.75. The predicted octanol–water partition coefficient (Wildman–Crippen LogP) is 5.95. The van der Waals surface area contributed by atoms with E-state index in [2.05, 4.69) is 67.0 Å². The molecular formula is C26H26IrN2Si-2. The Morgan fingerprint density at radius 2 is 1.33 bits per heavy atom. The van der Waals surface area contributed by atoms with E-state index in [9.17, 15) is 0 Å². The van der Waals surface area contributed by atoms with Crippen LogP contribution in [0.25, 0.3) is 22.5 Å². The Hall–Kier alpha value is -2.39. The fraction of sp³-hybridized carbons (Fsp3) is 0.154. The Labute approximate surface area is 194 Å². The van der Waals surface area contributed by atoms with E-state index in [0.717, 1.165) is 22.5 Å². The minimum atomic E-state index is -1.27. The maximum absolute atomic E-state index is 4.58. The van der Waals surface area contributed by atoms with E-state index in [0.29, 0.717) is 0 Å². The summed E-state index contributed by atoms with van der Waals surface area (Å²) in [5, 5.41) is 1.44. The van der Waals surface area contributed by atoms with Gasteiger partial charge in [0.05, 0.1) is 8.07 Å². The summed E-state index contributed by atoms with van der Waals surface area (Å²) in [5.41, 5.74) is 5.45. The number of aryl methyl sites for hydroxylation is 1. The predicted molar refractivity (Wildman–Crippen MR) is 125 cm³/mol. The number of aromatic nitrogens is 2. The second-order valence-electron chi connectivity index (χ2n) is 7.90. The van der Waals surface area contributed by atoms with Crippen molar-refractivity contribution in [2.24, 2.45) is 0 Å². The molecule has 2 aromatic heterocycles. The summed E-state index contributed by atoms with van der Waals surface area (Å²) in [6.45, 7) is 9.24. The molecule has 0 saturated heterocycles. The molecule has 0 aliphatic heterocycles. The second-order valence-corrected chi connectivity index (χ2v) is 12.9. The van der Waals surface area contributed by atoms with Crippen LogP contribution in [0, 0.1) is 19.1 Å². The van der Waals surface area contributed by atoms with Crippen LogP contribution in [0.4, 0.5) is 0 Å². The summed E-state index contributed by atoms with van der Waals surface area (Å²) in [4.78, 5) is 8.80. The van der Waals surface area contributed by atoms with E-state index >= 15 is 0 Å². The van der Waals surface area contributed by atoms with Gasteiger partial charge in [-0.1, -0.05) is 43.4 Å². The molecular weight excluding hydrogens is 561 g/mol. The number of nitrogens with zero attached hydrogens (tertiary/aromatic N) is 2. The molecule has 0 fully saturated rings. The Kier molecular flexibility index (Phi) is 8.85. The molecule has 2 nitrogen and oxygen atoms in total. The van der Waals surface area contributed by atoms with Crippen LogP contribution in [0.5, 0.6) is 0 Å². The summed E-state index contributed by atoms with van der Waals surface area (Å²) in [6, 6.07) is 30.2. The van der Waals surface area contributed by atoms with Crippen LogP contribution in [0.15, 0.2) is 85.2 Å². The number of benzene rings is 2. The van der Waals surface area contributed by atoms with Gasteiger partial charge in [-0.25, -0.2) is 0 Å². The molecule has 30 heavy (non-hydrogen) atoms. The molecule has 2 heterocycles. The van der Waals surface area contributed by atoms with Gasteiger partial charge in [-0.05, 0) is 29.6 Å². The first-order valence-electron chi connectivity index (χ1n) is 9.77. The van der Waals surface area contributed by atoms with Gasteiger partial charge in [-0.2, -0.15) is 0 Å². The Bertz CT molecular complexity index is 993. The normalized spacial score (nSPS) is 10.4. The van der Waals surface area contributed by atoms with Gasteiger partial charge in [0.25, 0.3) is 0 Å². The third-order valence-electron chi connectivity index (χ3n) is 4.55. The molecule has 0 atom stereocenters. The van der Waals surface area contributed by atoms with Crippen molar-refractivity contribution in [3.8, 4) is 22.5 Å². The molecule has 0 unspecified atom stereocenters.